The molecular formula is C25H21N3O7. The molecule has 178 valence electrons. The van der Waals surface area contributed by atoms with Gasteiger partial charge < -0.3 is 36.6 Å². The zero-order valence-electron chi connectivity index (χ0n) is 18.3. The highest BCUT2D eigenvalue weighted by atomic mass is 16.5. The van der Waals surface area contributed by atoms with Crippen LogP contribution in [0.4, 0.5) is 11.4 Å². The van der Waals surface area contributed by atoms with Crippen LogP contribution in [0.1, 0.15) is 38.5 Å². The van der Waals surface area contributed by atoms with Gasteiger partial charge in [0.2, 0.25) is 5.91 Å². The fourth-order valence-electron chi connectivity index (χ4n) is 3.60. The first-order chi connectivity index (χ1) is 16.7. The number of nitrogens with two attached hydrogens (primary N) is 3. The average molecular weight is 475 g/mol. The summed E-state index contributed by atoms with van der Waals surface area (Å²) in [6.07, 6.45) is -0.115. The lowest BCUT2D eigenvalue weighted by molar-refractivity contribution is -0.118. The highest BCUT2D eigenvalue weighted by Crippen LogP contribution is 2.38. The number of benzene rings is 3. The molecule has 0 spiro atoms. The first-order valence-electron chi connectivity index (χ1n) is 10.4. The maximum absolute atomic E-state index is 13.4. The monoisotopic (exact) mass is 475 g/mol. The summed E-state index contributed by atoms with van der Waals surface area (Å²) >= 11 is 0. The lowest BCUT2D eigenvalue weighted by Crippen LogP contribution is -2.12. The number of anilines is 2. The van der Waals surface area contributed by atoms with Crippen molar-refractivity contribution in [3.63, 3.8) is 0 Å². The molecule has 4 aromatic rings. The summed E-state index contributed by atoms with van der Waals surface area (Å²) in [7, 11) is 0. The largest absolute Gasteiger partial charge is 0.504 e. The molecule has 35 heavy (non-hydrogen) atoms. The molecule has 0 fully saturated rings. The molecule has 1 amide bonds. The van der Waals surface area contributed by atoms with Crippen molar-refractivity contribution in [1.82, 2.24) is 0 Å². The lowest BCUT2D eigenvalue weighted by Gasteiger charge is -2.08. The summed E-state index contributed by atoms with van der Waals surface area (Å²) in [6.45, 7) is 0. The minimum absolute atomic E-state index is 0.00592. The number of phenols is 2. The summed E-state index contributed by atoms with van der Waals surface area (Å²) in [5.74, 6) is -2.71. The van der Waals surface area contributed by atoms with Crippen LogP contribution in [0, 0.1) is 0 Å². The van der Waals surface area contributed by atoms with E-state index in [2.05, 4.69) is 0 Å². The normalized spacial score (nSPS) is 10.9. The van der Waals surface area contributed by atoms with E-state index < -0.39 is 23.4 Å². The van der Waals surface area contributed by atoms with E-state index in [1.165, 1.54) is 24.3 Å². The van der Waals surface area contributed by atoms with Crippen molar-refractivity contribution in [3.8, 4) is 17.2 Å². The Balaban J connectivity index is 1.80. The molecule has 10 nitrogen and oxygen atoms in total. The molecule has 0 unspecified atom stereocenters. The summed E-state index contributed by atoms with van der Waals surface area (Å²) < 4.78 is 11.1. The third kappa shape index (κ3) is 4.58. The SMILES string of the molecule is NC(=O)CCc1oc2cc(OC(=O)c3ccccc3)c(O)cc2c1C(=O)c1cc(N)c(O)c(N)c1. The number of aromatic hydroxyl groups is 2. The minimum atomic E-state index is -0.702. The summed E-state index contributed by atoms with van der Waals surface area (Å²) in [6, 6.07) is 13.2. The summed E-state index contributed by atoms with van der Waals surface area (Å²) in [5, 5.41) is 20.6. The van der Waals surface area contributed by atoms with E-state index >= 15 is 0 Å². The Kier molecular flexibility index (Phi) is 6.03. The molecule has 0 radical (unpaired) electrons. The fourth-order valence-corrected chi connectivity index (χ4v) is 3.60. The molecule has 1 aromatic heterocycles. The number of furan rings is 1. The highest BCUT2D eigenvalue weighted by Gasteiger charge is 2.25. The third-order valence-corrected chi connectivity index (χ3v) is 5.31. The van der Waals surface area contributed by atoms with Gasteiger partial charge in [-0.1, -0.05) is 18.2 Å². The molecule has 8 N–H and O–H groups in total. The van der Waals surface area contributed by atoms with Gasteiger partial charge in [-0.05, 0) is 30.3 Å². The van der Waals surface area contributed by atoms with Gasteiger partial charge in [0.1, 0.15) is 11.3 Å². The average Bonchev–Trinajstić information content (AvgIpc) is 3.18. The molecule has 0 atom stereocenters. The van der Waals surface area contributed by atoms with Crippen LogP contribution in [0.3, 0.4) is 0 Å². The smallest absolute Gasteiger partial charge is 0.343 e. The fraction of sp³-hybridized carbons (Fsp3) is 0.0800. The molecule has 0 saturated heterocycles. The van der Waals surface area contributed by atoms with Gasteiger partial charge in [0.15, 0.2) is 23.0 Å². The Morgan fingerprint density at radius 3 is 2.20 bits per heavy atom. The molecule has 0 aliphatic carbocycles. The Morgan fingerprint density at radius 1 is 0.914 bits per heavy atom. The summed E-state index contributed by atoms with van der Waals surface area (Å²) in [4.78, 5) is 37.2. The van der Waals surface area contributed by atoms with Crippen LogP contribution in [0.15, 0.2) is 59.0 Å². The van der Waals surface area contributed by atoms with Crippen LogP contribution in [0.2, 0.25) is 0 Å². The Morgan fingerprint density at radius 2 is 1.57 bits per heavy atom. The van der Waals surface area contributed by atoms with E-state index in [1.807, 2.05) is 0 Å². The van der Waals surface area contributed by atoms with E-state index in [0.29, 0.717) is 0 Å². The number of rotatable bonds is 7. The van der Waals surface area contributed by atoms with E-state index in [9.17, 15) is 24.6 Å². The molecule has 0 saturated carbocycles. The van der Waals surface area contributed by atoms with Gasteiger partial charge in [-0.2, -0.15) is 0 Å². The van der Waals surface area contributed by atoms with Crippen LogP contribution in [0.5, 0.6) is 17.2 Å². The van der Waals surface area contributed by atoms with E-state index in [1.54, 1.807) is 30.3 Å². The Hall–Kier alpha value is -4.99. The number of ketones is 1. The van der Waals surface area contributed by atoms with Gasteiger partial charge in [0, 0.05) is 29.9 Å². The van der Waals surface area contributed by atoms with Crippen molar-refractivity contribution in [2.75, 3.05) is 11.5 Å². The van der Waals surface area contributed by atoms with Crippen LogP contribution < -0.4 is 21.9 Å². The number of aryl methyl sites for hydroxylation is 1. The number of nitrogen functional groups attached to an aromatic ring is 2. The van der Waals surface area contributed by atoms with Gasteiger partial charge >= 0.3 is 5.97 Å². The highest BCUT2D eigenvalue weighted by molar-refractivity contribution is 6.18. The van der Waals surface area contributed by atoms with E-state index in [0.717, 1.165) is 0 Å². The molecule has 0 bridgehead atoms. The van der Waals surface area contributed by atoms with E-state index in [4.69, 9.17) is 26.4 Å². The molecule has 1 heterocycles. The molecule has 3 aromatic carbocycles. The standard InChI is InChI=1S/C25H21N3O7/c26-15-8-13(9-16(27)24(15)32)23(31)22-14-10-17(29)20(35-25(33)12-4-2-1-3-5-12)11-19(14)34-18(22)6-7-21(28)30/h1-5,8-11,29,32H,6-7,26-27H2,(H2,28,30). The second kappa shape index (κ2) is 9.10. The number of amides is 1. The molecular weight excluding hydrogens is 454 g/mol. The third-order valence-electron chi connectivity index (χ3n) is 5.31. The van der Waals surface area contributed by atoms with Gasteiger partial charge in [0.25, 0.3) is 0 Å². The number of fused-ring (bicyclic) bond motifs is 1. The van der Waals surface area contributed by atoms with Crippen molar-refractivity contribution in [2.45, 2.75) is 12.8 Å². The second-order valence-corrected chi connectivity index (χ2v) is 7.77. The lowest BCUT2D eigenvalue weighted by atomic mass is 9.97. The first kappa shape index (κ1) is 23.2. The van der Waals surface area contributed by atoms with Crippen LogP contribution in [0.25, 0.3) is 11.0 Å². The van der Waals surface area contributed by atoms with Crippen molar-refractivity contribution in [2.24, 2.45) is 5.73 Å². The number of primary amides is 1. The number of hydrogen-bond donors (Lipinski definition) is 5. The van der Waals surface area contributed by atoms with Crippen LogP contribution in [-0.4, -0.2) is 27.9 Å². The van der Waals surface area contributed by atoms with E-state index in [-0.39, 0.29) is 69.1 Å². The van der Waals surface area contributed by atoms with Gasteiger partial charge in [0.05, 0.1) is 22.5 Å². The summed E-state index contributed by atoms with van der Waals surface area (Å²) in [5.41, 5.74) is 17.0. The number of phenolic OH excluding ortho intramolecular Hbond substituents is 2. The topological polar surface area (TPSA) is 192 Å². The van der Waals surface area contributed by atoms with Crippen molar-refractivity contribution >= 4 is 40.0 Å². The zero-order valence-corrected chi connectivity index (χ0v) is 18.3. The molecule has 10 heteroatoms. The number of esters is 1. The Labute approximate surface area is 198 Å². The van der Waals surface area contributed by atoms with Gasteiger partial charge in [-0.15, -0.1) is 0 Å². The maximum Gasteiger partial charge on any atom is 0.343 e. The Bertz CT molecular complexity index is 1450. The second-order valence-electron chi connectivity index (χ2n) is 7.77. The number of ether oxygens (including phenoxy) is 1. The predicted molar refractivity (Wildman–Crippen MR) is 127 cm³/mol. The van der Waals surface area contributed by atoms with Crippen molar-refractivity contribution in [1.29, 1.82) is 0 Å². The first-order valence-corrected chi connectivity index (χ1v) is 10.4. The van der Waals surface area contributed by atoms with Crippen LogP contribution in [-0.2, 0) is 11.2 Å². The van der Waals surface area contributed by atoms with Crippen LogP contribution >= 0.6 is 0 Å². The quantitative estimate of drug-likeness (QED) is 0.0878. The number of carbonyl (C=O) groups excluding carboxylic acids is 3. The van der Waals surface area contributed by atoms with Gasteiger partial charge in [-0.3, -0.25) is 9.59 Å². The van der Waals surface area contributed by atoms with Crippen molar-refractivity contribution < 1.29 is 33.8 Å². The molecule has 4 rings (SSSR count). The van der Waals surface area contributed by atoms with Crippen molar-refractivity contribution in [3.05, 3.63) is 77.0 Å². The number of carbonyl (C=O) groups is 3. The molecule has 0 aliphatic rings. The number of hydrogen-bond acceptors (Lipinski definition) is 9. The maximum atomic E-state index is 13.4. The minimum Gasteiger partial charge on any atom is -0.504 e. The predicted octanol–water partition coefficient (Wildman–Crippen LogP) is 2.88. The molecule has 0 aliphatic heterocycles. The zero-order chi connectivity index (χ0) is 25.3. The van der Waals surface area contributed by atoms with Gasteiger partial charge in [-0.25, -0.2) is 4.79 Å².